The first kappa shape index (κ1) is 20.1. The number of aromatic nitrogens is 1. The summed E-state index contributed by atoms with van der Waals surface area (Å²) in [5.41, 5.74) is 6.99. The van der Waals surface area contributed by atoms with Crippen molar-refractivity contribution >= 4 is 22.4 Å². The maximum atomic E-state index is 12.8. The van der Waals surface area contributed by atoms with Gasteiger partial charge in [-0.15, -0.1) is 11.3 Å². The standard InChI is InChI=1S/C20H30N4O2S/c1-11(18(26)24(4)9-5-8-21)13-6-7-20(3)10-14-16(23-19(22)27-14)12(2)15(20)17(13)25/h11-13,15,17,25H,5-7,9-10H2,1-4H3,(H2,22,23)/t11-,12-,13+,15+,17-,20+/m0/s1. The molecule has 1 aromatic rings. The van der Waals surface area contributed by atoms with Gasteiger partial charge in [-0.3, -0.25) is 4.79 Å². The van der Waals surface area contributed by atoms with E-state index in [-0.39, 0.29) is 35.0 Å². The average molecular weight is 391 g/mol. The fourth-order valence-electron chi connectivity index (χ4n) is 5.42. The van der Waals surface area contributed by atoms with Crippen molar-refractivity contribution in [3.05, 3.63) is 10.6 Å². The molecule has 3 rings (SSSR count). The second-order valence-electron chi connectivity index (χ2n) is 8.66. The fraction of sp³-hybridized carbons (Fsp3) is 0.750. The molecule has 1 saturated carbocycles. The van der Waals surface area contributed by atoms with Gasteiger partial charge in [0.2, 0.25) is 5.91 Å². The van der Waals surface area contributed by atoms with E-state index in [0.717, 1.165) is 25.0 Å². The highest BCUT2D eigenvalue weighted by Gasteiger charge is 2.53. The summed E-state index contributed by atoms with van der Waals surface area (Å²) in [7, 11) is 1.74. The Hall–Kier alpha value is -1.65. The zero-order valence-corrected chi connectivity index (χ0v) is 17.4. The van der Waals surface area contributed by atoms with Crippen LogP contribution in [-0.2, 0) is 11.2 Å². The lowest BCUT2D eigenvalue weighted by Gasteiger charge is -2.53. The summed E-state index contributed by atoms with van der Waals surface area (Å²) in [6, 6.07) is 2.08. The molecule has 0 spiro atoms. The normalized spacial score (nSPS) is 33.5. The summed E-state index contributed by atoms with van der Waals surface area (Å²) in [6.45, 7) is 6.75. The van der Waals surface area contributed by atoms with Crippen molar-refractivity contribution in [2.24, 2.45) is 23.2 Å². The molecule has 7 heteroatoms. The van der Waals surface area contributed by atoms with Gasteiger partial charge in [0.1, 0.15) is 0 Å². The molecular formula is C20H30N4O2S. The predicted molar refractivity (Wildman–Crippen MR) is 106 cm³/mol. The number of aliphatic hydroxyl groups is 1. The number of nitrogens with two attached hydrogens (primary N) is 1. The van der Waals surface area contributed by atoms with E-state index in [1.54, 1.807) is 23.3 Å². The van der Waals surface area contributed by atoms with E-state index in [1.807, 2.05) is 6.92 Å². The third-order valence-electron chi connectivity index (χ3n) is 6.91. The van der Waals surface area contributed by atoms with Crippen molar-refractivity contribution in [1.29, 1.82) is 5.26 Å². The van der Waals surface area contributed by atoms with E-state index < -0.39 is 6.10 Å². The highest BCUT2D eigenvalue weighted by molar-refractivity contribution is 7.15. The number of thiazole rings is 1. The summed E-state index contributed by atoms with van der Waals surface area (Å²) in [5, 5.41) is 20.7. The monoisotopic (exact) mass is 390 g/mol. The molecule has 27 heavy (non-hydrogen) atoms. The SMILES string of the molecule is C[C@H](C(=O)N(C)CCC#N)[C@H]1CC[C@]2(C)Cc3sc(N)nc3[C@@H](C)[C@@H]2[C@H]1O. The molecule has 6 nitrogen and oxygen atoms in total. The molecule has 148 valence electrons. The van der Waals surface area contributed by atoms with Gasteiger partial charge in [0.25, 0.3) is 0 Å². The largest absolute Gasteiger partial charge is 0.392 e. The molecule has 6 atom stereocenters. The molecule has 0 saturated heterocycles. The van der Waals surface area contributed by atoms with Gasteiger partial charge in [0.05, 0.1) is 24.3 Å². The minimum absolute atomic E-state index is 0.0107. The summed E-state index contributed by atoms with van der Waals surface area (Å²) in [6.07, 6.45) is 2.51. The molecule has 2 aliphatic rings. The van der Waals surface area contributed by atoms with Crippen LogP contribution in [0, 0.1) is 34.5 Å². The van der Waals surface area contributed by atoms with Crippen LogP contribution in [0.5, 0.6) is 0 Å². The van der Waals surface area contributed by atoms with Crippen LogP contribution in [0.2, 0.25) is 0 Å². The lowest BCUT2D eigenvalue weighted by Crippen LogP contribution is -2.53. The first-order chi connectivity index (χ1) is 12.7. The average Bonchev–Trinajstić information content (AvgIpc) is 2.98. The van der Waals surface area contributed by atoms with Crippen LogP contribution in [0.25, 0.3) is 0 Å². The Labute approximate surface area is 165 Å². The van der Waals surface area contributed by atoms with E-state index in [4.69, 9.17) is 11.0 Å². The highest BCUT2D eigenvalue weighted by Crippen LogP contribution is 2.57. The smallest absolute Gasteiger partial charge is 0.225 e. The van der Waals surface area contributed by atoms with Crippen molar-refractivity contribution < 1.29 is 9.90 Å². The zero-order valence-electron chi connectivity index (χ0n) is 16.6. The topological polar surface area (TPSA) is 103 Å². The van der Waals surface area contributed by atoms with E-state index in [2.05, 4.69) is 24.9 Å². The summed E-state index contributed by atoms with van der Waals surface area (Å²) < 4.78 is 0. The van der Waals surface area contributed by atoms with Crippen molar-refractivity contribution in [3.63, 3.8) is 0 Å². The number of anilines is 1. The third-order valence-corrected chi connectivity index (χ3v) is 7.81. The number of fused-ring (bicyclic) bond motifs is 2. The maximum absolute atomic E-state index is 12.8. The van der Waals surface area contributed by atoms with E-state index in [9.17, 15) is 9.90 Å². The number of aliphatic hydroxyl groups excluding tert-OH is 1. The number of nitrogen functional groups attached to an aromatic ring is 1. The molecule has 0 bridgehead atoms. The van der Waals surface area contributed by atoms with Gasteiger partial charge in [-0.25, -0.2) is 4.98 Å². The van der Waals surface area contributed by atoms with Gasteiger partial charge in [-0.1, -0.05) is 20.8 Å². The Kier molecular flexibility index (Phi) is 5.51. The number of carbonyl (C=O) groups excluding carboxylic acids is 1. The van der Waals surface area contributed by atoms with Crippen LogP contribution >= 0.6 is 11.3 Å². The van der Waals surface area contributed by atoms with Gasteiger partial charge >= 0.3 is 0 Å². The molecular weight excluding hydrogens is 360 g/mol. The van der Waals surface area contributed by atoms with Gasteiger partial charge in [0.15, 0.2) is 5.13 Å². The summed E-state index contributed by atoms with van der Waals surface area (Å²) in [5.74, 6) is -0.115. The number of hydrogen-bond donors (Lipinski definition) is 2. The predicted octanol–water partition coefficient (Wildman–Crippen LogP) is 2.79. The minimum Gasteiger partial charge on any atom is -0.392 e. The molecule has 0 aromatic carbocycles. The zero-order chi connectivity index (χ0) is 19.9. The van der Waals surface area contributed by atoms with E-state index >= 15 is 0 Å². The molecule has 0 aliphatic heterocycles. The summed E-state index contributed by atoms with van der Waals surface area (Å²) in [4.78, 5) is 20.2. The molecule has 0 unspecified atom stereocenters. The first-order valence-corrected chi connectivity index (χ1v) is 10.6. The van der Waals surface area contributed by atoms with E-state index in [0.29, 0.717) is 18.1 Å². The highest BCUT2D eigenvalue weighted by atomic mass is 32.1. The molecule has 1 heterocycles. The van der Waals surface area contributed by atoms with Crippen LogP contribution in [-0.4, -0.2) is 40.6 Å². The number of nitriles is 1. The quantitative estimate of drug-likeness (QED) is 0.823. The van der Waals surface area contributed by atoms with Crippen molar-refractivity contribution in [2.75, 3.05) is 19.3 Å². The number of hydrogen-bond acceptors (Lipinski definition) is 6. The Bertz CT molecular complexity index is 758. The number of rotatable bonds is 4. The number of carbonyl (C=O) groups is 1. The minimum atomic E-state index is -0.543. The van der Waals surface area contributed by atoms with Crippen molar-refractivity contribution in [1.82, 2.24) is 9.88 Å². The van der Waals surface area contributed by atoms with E-state index in [1.165, 1.54) is 4.88 Å². The second kappa shape index (κ2) is 7.40. The van der Waals surface area contributed by atoms with Gasteiger partial charge in [-0.05, 0) is 36.5 Å². The number of nitrogens with zero attached hydrogens (tertiary/aromatic N) is 3. The van der Waals surface area contributed by atoms with Crippen molar-refractivity contribution in [2.45, 2.75) is 58.5 Å². The van der Waals surface area contributed by atoms with Gasteiger partial charge in [-0.2, -0.15) is 5.26 Å². The van der Waals surface area contributed by atoms with Gasteiger partial charge in [0, 0.05) is 30.3 Å². The summed E-state index contributed by atoms with van der Waals surface area (Å²) >= 11 is 1.57. The van der Waals surface area contributed by atoms with Crippen LogP contribution in [0.1, 0.15) is 56.5 Å². The molecule has 1 fully saturated rings. The molecule has 2 aliphatic carbocycles. The third kappa shape index (κ3) is 3.45. The molecule has 1 aromatic heterocycles. The molecule has 3 N–H and O–H groups in total. The second-order valence-corrected chi connectivity index (χ2v) is 9.77. The molecule has 0 radical (unpaired) electrons. The Morgan fingerprint density at radius 3 is 2.96 bits per heavy atom. The lowest BCUT2D eigenvalue weighted by atomic mass is 9.53. The number of amides is 1. The van der Waals surface area contributed by atoms with Crippen molar-refractivity contribution in [3.8, 4) is 6.07 Å². The molecule has 1 amide bonds. The maximum Gasteiger partial charge on any atom is 0.225 e. The fourth-order valence-corrected chi connectivity index (χ4v) is 6.56. The Balaban J connectivity index is 1.81. The van der Waals surface area contributed by atoms with Crippen LogP contribution in [0.4, 0.5) is 5.13 Å². The van der Waals surface area contributed by atoms with Crippen LogP contribution < -0.4 is 5.73 Å². The van der Waals surface area contributed by atoms with Crippen LogP contribution in [0.3, 0.4) is 0 Å². The Morgan fingerprint density at radius 2 is 2.30 bits per heavy atom. The first-order valence-electron chi connectivity index (χ1n) is 9.74. The Morgan fingerprint density at radius 1 is 1.59 bits per heavy atom. The van der Waals surface area contributed by atoms with Crippen LogP contribution in [0.15, 0.2) is 0 Å². The van der Waals surface area contributed by atoms with Gasteiger partial charge < -0.3 is 15.7 Å². The lowest BCUT2D eigenvalue weighted by molar-refractivity contribution is -0.143.